The van der Waals surface area contributed by atoms with Crippen molar-refractivity contribution in [2.75, 3.05) is 18.6 Å². The molecule has 0 bridgehead atoms. The lowest BCUT2D eigenvalue weighted by atomic mass is 9.98. The van der Waals surface area contributed by atoms with E-state index in [9.17, 15) is 14.7 Å². The highest BCUT2D eigenvalue weighted by molar-refractivity contribution is 6.51. The Morgan fingerprint density at radius 2 is 1.90 bits per heavy atom. The number of hydrogen-bond donors (Lipinski definition) is 1. The average Bonchev–Trinajstić information content (AvgIpc) is 3.41. The van der Waals surface area contributed by atoms with Gasteiger partial charge in [-0.15, -0.1) is 0 Å². The topological polar surface area (TPSA) is 89.2 Å². The van der Waals surface area contributed by atoms with Crippen LogP contribution >= 0.6 is 0 Å². The van der Waals surface area contributed by atoms with E-state index in [4.69, 9.17) is 13.9 Å². The molecule has 158 valence electrons. The van der Waals surface area contributed by atoms with E-state index in [-0.39, 0.29) is 11.3 Å². The number of furan rings is 1. The summed E-state index contributed by atoms with van der Waals surface area (Å²) in [5.74, 6) is -0.635. The van der Waals surface area contributed by atoms with Crippen LogP contribution in [0.1, 0.15) is 24.3 Å². The van der Waals surface area contributed by atoms with Gasteiger partial charge in [0, 0.05) is 11.8 Å². The number of rotatable bonds is 6. The van der Waals surface area contributed by atoms with Crippen molar-refractivity contribution in [1.82, 2.24) is 0 Å². The van der Waals surface area contributed by atoms with Crippen LogP contribution in [0.4, 0.5) is 5.69 Å². The van der Waals surface area contributed by atoms with Crippen LogP contribution in [0, 0.1) is 0 Å². The summed E-state index contributed by atoms with van der Waals surface area (Å²) in [5.41, 5.74) is 0.683. The molecule has 31 heavy (non-hydrogen) atoms. The standard InChI is InChI=1S/C24H21NO6/c1-3-30-16-9-6-8-15(14-16)25-21(19-12-7-13-31-19)20(23(27)24(25)28)22(26)17-10-4-5-11-18(17)29-2/h4-14,21,26H,3H2,1-2H3/b22-20-. The Labute approximate surface area is 179 Å². The second kappa shape index (κ2) is 8.39. The summed E-state index contributed by atoms with van der Waals surface area (Å²) in [7, 11) is 1.47. The first-order valence-corrected chi connectivity index (χ1v) is 9.77. The number of ketones is 1. The molecule has 0 saturated carbocycles. The smallest absolute Gasteiger partial charge is 0.300 e. The van der Waals surface area contributed by atoms with Gasteiger partial charge < -0.3 is 19.0 Å². The number of nitrogens with zero attached hydrogens (tertiary/aromatic N) is 1. The second-order valence-electron chi connectivity index (χ2n) is 6.82. The van der Waals surface area contributed by atoms with Gasteiger partial charge in [0.1, 0.15) is 29.1 Å². The molecule has 0 aliphatic carbocycles. The average molecular weight is 419 g/mol. The van der Waals surface area contributed by atoms with Gasteiger partial charge in [-0.2, -0.15) is 0 Å². The minimum Gasteiger partial charge on any atom is -0.507 e. The van der Waals surface area contributed by atoms with Crippen molar-refractivity contribution >= 4 is 23.1 Å². The van der Waals surface area contributed by atoms with Gasteiger partial charge in [-0.3, -0.25) is 14.5 Å². The van der Waals surface area contributed by atoms with Crippen LogP contribution in [0.3, 0.4) is 0 Å². The Balaban J connectivity index is 1.92. The van der Waals surface area contributed by atoms with Crippen molar-refractivity contribution in [3.63, 3.8) is 0 Å². The van der Waals surface area contributed by atoms with Crippen LogP contribution in [-0.4, -0.2) is 30.5 Å². The summed E-state index contributed by atoms with van der Waals surface area (Å²) in [4.78, 5) is 27.5. The van der Waals surface area contributed by atoms with Gasteiger partial charge >= 0.3 is 0 Å². The molecule has 2 heterocycles. The predicted molar refractivity (Wildman–Crippen MR) is 114 cm³/mol. The van der Waals surface area contributed by atoms with Gasteiger partial charge in [0.2, 0.25) is 0 Å². The Morgan fingerprint density at radius 3 is 2.61 bits per heavy atom. The minimum atomic E-state index is -0.947. The van der Waals surface area contributed by atoms with Gasteiger partial charge in [-0.1, -0.05) is 18.2 Å². The number of aliphatic hydroxyl groups excluding tert-OH is 1. The number of carbonyl (C=O) groups excluding carboxylic acids is 2. The van der Waals surface area contributed by atoms with E-state index >= 15 is 0 Å². The largest absolute Gasteiger partial charge is 0.507 e. The van der Waals surface area contributed by atoms with Crippen molar-refractivity contribution in [1.29, 1.82) is 0 Å². The molecule has 1 aromatic heterocycles. The molecular formula is C24H21NO6. The zero-order chi connectivity index (χ0) is 22.0. The van der Waals surface area contributed by atoms with Crippen LogP contribution in [-0.2, 0) is 9.59 Å². The third-order valence-electron chi connectivity index (χ3n) is 5.03. The molecular weight excluding hydrogens is 398 g/mol. The van der Waals surface area contributed by atoms with Crippen LogP contribution in [0.25, 0.3) is 5.76 Å². The summed E-state index contributed by atoms with van der Waals surface area (Å²) in [6.07, 6.45) is 1.45. The number of carbonyl (C=O) groups is 2. The number of hydrogen-bond acceptors (Lipinski definition) is 6. The van der Waals surface area contributed by atoms with Crippen LogP contribution in [0.5, 0.6) is 11.5 Å². The number of benzene rings is 2. The summed E-state index contributed by atoms with van der Waals surface area (Å²) >= 11 is 0. The maximum absolute atomic E-state index is 13.1. The molecule has 7 nitrogen and oxygen atoms in total. The maximum Gasteiger partial charge on any atom is 0.300 e. The van der Waals surface area contributed by atoms with Crippen molar-refractivity contribution in [2.24, 2.45) is 0 Å². The molecule has 0 radical (unpaired) electrons. The van der Waals surface area contributed by atoms with Crippen LogP contribution in [0.15, 0.2) is 76.9 Å². The highest BCUT2D eigenvalue weighted by Crippen LogP contribution is 2.43. The van der Waals surface area contributed by atoms with Crippen LogP contribution < -0.4 is 14.4 Å². The molecule has 1 unspecified atom stereocenters. The zero-order valence-electron chi connectivity index (χ0n) is 17.1. The molecule has 1 amide bonds. The molecule has 1 N–H and O–H groups in total. The van der Waals surface area contributed by atoms with E-state index < -0.39 is 17.7 Å². The molecule has 1 aliphatic heterocycles. The van der Waals surface area contributed by atoms with E-state index in [2.05, 4.69) is 0 Å². The Bertz CT molecular complexity index is 1150. The van der Waals surface area contributed by atoms with E-state index in [1.54, 1.807) is 60.7 Å². The Hall–Kier alpha value is -4.00. The predicted octanol–water partition coefficient (Wildman–Crippen LogP) is 4.31. The quantitative estimate of drug-likeness (QED) is 0.364. The number of Topliss-reactive ketones (excluding diaryl/α,β-unsaturated/α-hetero) is 1. The molecule has 7 heteroatoms. The number of para-hydroxylation sites is 1. The normalized spacial score (nSPS) is 17.7. The molecule has 2 aromatic carbocycles. The molecule has 1 aliphatic rings. The van der Waals surface area contributed by atoms with Crippen molar-refractivity contribution in [3.05, 3.63) is 83.8 Å². The highest BCUT2D eigenvalue weighted by atomic mass is 16.5. The first-order valence-electron chi connectivity index (χ1n) is 9.77. The number of amides is 1. The summed E-state index contributed by atoms with van der Waals surface area (Å²) in [6, 6.07) is 16.0. The fraction of sp³-hybridized carbons (Fsp3) is 0.167. The van der Waals surface area contributed by atoms with Gasteiger partial charge in [0.25, 0.3) is 11.7 Å². The van der Waals surface area contributed by atoms with Gasteiger partial charge in [0.15, 0.2) is 0 Å². The lowest BCUT2D eigenvalue weighted by Gasteiger charge is -2.24. The fourth-order valence-electron chi connectivity index (χ4n) is 3.69. The Kier molecular flexibility index (Phi) is 5.49. The van der Waals surface area contributed by atoms with E-state index in [0.717, 1.165) is 0 Å². The van der Waals surface area contributed by atoms with Gasteiger partial charge in [0.05, 0.1) is 31.1 Å². The summed E-state index contributed by atoms with van der Waals surface area (Å²) in [5, 5.41) is 11.1. The van der Waals surface area contributed by atoms with Crippen LogP contribution in [0.2, 0.25) is 0 Å². The van der Waals surface area contributed by atoms with E-state index in [0.29, 0.717) is 35.1 Å². The molecule has 1 fully saturated rings. The van der Waals surface area contributed by atoms with Crippen molar-refractivity contribution in [3.8, 4) is 11.5 Å². The SMILES string of the molecule is CCOc1cccc(N2C(=O)C(=O)/C(=C(\O)c3ccccc3OC)C2c2ccco2)c1. The number of anilines is 1. The third kappa shape index (κ3) is 3.54. The van der Waals surface area contributed by atoms with E-state index in [1.807, 2.05) is 6.92 Å². The first-order chi connectivity index (χ1) is 15.1. The van der Waals surface area contributed by atoms with Crippen molar-refractivity contribution < 1.29 is 28.6 Å². The van der Waals surface area contributed by atoms with E-state index in [1.165, 1.54) is 18.3 Å². The lowest BCUT2D eigenvalue weighted by molar-refractivity contribution is -0.132. The second-order valence-corrected chi connectivity index (χ2v) is 6.82. The molecule has 3 aromatic rings. The monoisotopic (exact) mass is 419 g/mol. The number of aliphatic hydroxyl groups is 1. The number of ether oxygens (including phenoxy) is 2. The molecule has 0 spiro atoms. The fourth-order valence-corrected chi connectivity index (χ4v) is 3.69. The minimum absolute atomic E-state index is 0.0775. The lowest BCUT2D eigenvalue weighted by Crippen LogP contribution is -2.29. The molecule has 1 saturated heterocycles. The first kappa shape index (κ1) is 20.3. The summed E-state index contributed by atoms with van der Waals surface area (Å²) < 4.78 is 16.4. The maximum atomic E-state index is 13.1. The highest BCUT2D eigenvalue weighted by Gasteiger charge is 2.48. The van der Waals surface area contributed by atoms with Gasteiger partial charge in [-0.05, 0) is 43.3 Å². The van der Waals surface area contributed by atoms with Crippen molar-refractivity contribution in [2.45, 2.75) is 13.0 Å². The molecule has 1 atom stereocenters. The Morgan fingerprint density at radius 1 is 1.10 bits per heavy atom. The third-order valence-corrected chi connectivity index (χ3v) is 5.03. The number of methoxy groups -OCH3 is 1. The summed E-state index contributed by atoms with van der Waals surface area (Å²) in [6.45, 7) is 2.31. The molecule has 4 rings (SSSR count). The zero-order valence-corrected chi connectivity index (χ0v) is 17.1. The van der Waals surface area contributed by atoms with Gasteiger partial charge in [-0.25, -0.2) is 0 Å².